The van der Waals surface area contributed by atoms with Gasteiger partial charge in [0.1, 0.15) is 6.29 Å². The van der Waals surface area contributed by atoms with Crippen LogP contribution in [0.3, 0.4) is 0 Å². The van der Waals surface area contributed by atoms with Gasteiger partial charge in [-0.3, -0.25) is 0 Å². The van der Waals surface area contributed by atoms with Gasteiger partial charge in [0.15, 0.2) is 11.6 Å². The van der Waals surface area contributed by atoms with Gasteiger partial charge in [0.2, 0.25) is 0 Å². The molecule has 0 heterocycles. The first-order valence-electron chi connectivity index (χ1n) is 10.1. The molecule has 2 aliphatic rings. The number of aldehydes is 1. The van der Waals surface area contributed by atoms with Gasteiger partial charge >= 0.3 is 0 Å². The second kappa shape index (κ2) is 8.42. The Kier molecular flexibility index (Phi) is 6.24. The van der Waals surface area contributed by atoms with Gasteiger partial charge in [0.05, 0.1) is 0 Å². The quantitative estimate of drug-likeness (QED) is 0.554. The maximum Gasteiger partial charge on any atom is 0.162 e. The highest BCUT2D eigenvalue weighted by Gasteiger charge is 2.29. The summed E-state index contributed by atoms with van der Waals surface area (Å²) in [5.74, 6) is -0.164. The van der Waals surface area contributed by atoms with Crippen molar-refractivity contribution in [1.82, 2.24) is 0 Å². The fraction of sp³-hybridized carbons (Fsp3) is 0.682. The third-order valence-electron chi connectivity index (χ3n) is 6.53. The first-order chi connectivity index (χ1) is 12.1. The molecule has 0 aromatic heterocycles. The molecule has 0 N–H and O–H groups in total. The van der Waals surface area contributed by atoms with Crippen LogP contribution in [0, 0.1) is 23.5 Å². The van der Waals surface area contributed by atoms with Crippen molar-refractivity contribution < 1.29 is 13.6 Å². The van der Waals surface area contributed by atoms with Crippen LogP contribution in [0.15, 0.2) is 12.1 Å². The zero-order valence-electron chi connectivity index (χ0n) is 15.3. The first kappa shape index (κ1) is 18.5. The Morgan fingerprint density at radius 3 is 1.80 bits per heavy atom. The van der Waals surface area contributed by atoms with Crippen molar-refractivity contribution in [2.75, 3.05) is 0 Å². The smallest absolute Gasteiger partial charge is 0.162 e. The average molecular weight is 348 g/mol. The van der Waals surface area contributed by atoms with Crippen molar-refractivity contribution in [1.29, 1.82) is 0 Å². The molecule has 2 aliphatic carbocycles. The lowest BCUT2D eigenvalue weighted by molar-refractivity contribution is -0.111. The van der Waals surface area contributed by atoms with Gasteiger partial charge in [-0.15, -0.1) is 0 Å². The van der Waals surface area contributed by atoms with E-state index in [1.165, 1.54) is 12.8 Å². The lowest BCUT2D eigenvalue weighted by Gasteiger charge is -2.30. The van der Waals surface area contributed by atoms with E-state index >= 15 is 0 Å². The number of hydrogen-bond acceptors (Lipinski definition) is 1. The molecule has 138 valence electrons. The number of carbonyl (C=O) groups is 1. The van der Waals surface area contributed by atoms with Crippen LogP contribution in [-0.4, -0.2) is 6.29 Å². The van der Waals surface area contributed by atoms with E-state index in [0.717, 1.165) is 63.6 Å². The monoisotopic (exact) mass is 348 g/mol. The van der Waals surface area contributed by atoms with E-state index in [1.807, 2.05) is 12.1 Å². The van der Waals surface area contributed by atoms with Crippen LogP contribution in [0.25, 0.3) is 0 Å². The number of halogens is 2. The van der Waals surface area contributed by atoms with Crippen molar-refractivity contribution in [3.8, 4) is 0 Å². The van der Waals surface area contributed by atoms with Crippen LogP contribution < -0.4 is 0 Å². The number of hydrogen-bond donors (Lipinski definition) is 0. The van der Waals surface area contributed by atoms with E-state index in [-0.39, 0.29) is 17.8 Å². The summed E-state index contributed by atoms with van der Waals surface area (Å²) in [6.45, 7) is 2.21. The molecule has 0 atom stereocenters. The molecule has 0 saturated heterocycles. The lowest BCUT2D eigenvalue weighted by Crippen LogP contribution is -2.17. The van der Waals surface area contributed by atoms with Gasteiger partial charge in [-0.2, -0.15) is 0 Å². The predicted molar refractivity (Wildman–Crippen MR) is 96.7 cm³/mol. The largest absolute Gasteiger partial charge is 0.303 e. The summed E-state index contributed by atoms with van der Waals surface area (Å²) in [6, 6.07) is 3.65. The van der Waals surface area contributed by atoms with E-state index in [4.69, 9.17) is 0 Å². The molecule has 1 nitrogen and oxygen atoms in total. The minimum Gasteiger partial charge on any atom is -0.303 e. The minimum absolute atomic E-state index is 0.0556. The average Bonchev–Trinajstić information content (AvgIpc) is 2.65. The third-order valence-corrected chi connectivity index (χ3v) is 6.53. The van der Waals surface area contributed by atoms with Crippen molar-refractivity contribution in [3.05, 3.63) is 34.9 Å². The van der Waals surface area contributed by atoms with Crippen molar-refractivity contribution in [2.45, 2.75) is 83.0 Å². The molecule has 2 fully saturated rings. The third kappa shape index (κ3) is 4.12. The molecule has 1 aromatic carbocycles. The lowest BCUT2D eigenvalue weighted by atomic mass is 9.75. The predicted octanol–water partition coefficient (Wildman–Crippen LogP) is 6.51. The summed E-state index contributed by atoms with van der Waals surface area (Å²) in [6.07, 6.45) is 10.8. The van der Waals surface area contributed by atoms with Gasteiger partial charge < -0.3 is 4.79 Å². The first-order valence-corrected chi connectivity index (χ1v) is 10.1. The number of rotatable bonds is 5. The highest BCUT2D eigenvalue weighted by molar-refractivity contribution is 5.53. The van der Waals surface area contributed by atoms with Gasteiger partial charge in [-0.1, -0.05) is 31.9 Å². The molecule has 3 rings (SSSR count). The summed E-state index contributed by atoms with van der Waals surface area (Å²) in [5.41, 5.74) is 1.10. The standard InChI is InChI=1S/C22H30F2O/c1-2-3-15-4-8-17(9-5-15)19-12-13-20(22(24)21(19)23)18-10-6-16(14-25)7-11-18/h12-18H,2-11H2,1H3. The summed E-state index contributed by atoms with van der Waals surface area (Å²) in [4.78, 5) is 10.9. The van der Waals surface area contributed by atoms with Crippen molar-refractivity contribution in [3.63, 3.8) is 0 Å². The van der Waals surface area contributed by atoms with Gasteiger partial charge in [0.25, 0.3) is 0 Å². The van der Waals surface area contributed by atoms with E-state index in [1.54, 1.807) is 0 Å². The Balaban J connectivity index is 1.70. The Morgan fingerprint density at radius 1 is 0.880 bits per heavy atom. The van der Waals surface area contributed by atoms with Crippen LogP contribution in [0.4, 0.5) is 8.78 Å². The Labute approximate surface area is 150 Å². The zero-order chi connectivity index (χ0) is 17.8. The van der Waals surface area contributed by atoms with Crippen molar-refractivity contribution in [2.24, 2.45) is 11.8 Å². The molecule has 0 spiro atoms. The Morgan fingerprint density at radius 2 is 1.36 bits per heavy atom. The van der Waals surface area contributed by atoms with E-state index < -0.39 is 11.6 Å². The minimum atomic E-state index is -0.636. The Bertz CT molecular complexity index is 582. The SMILES string of the molecule is CCCC1CCC(c2ccc(C3CCC(C=O)CC3)c(F)c2F)CC1. The maximum atomic E-state index is 14.8. The summed E-state index contributed by atoms with van der Waals surface area (Å²) < 4.78 is 29.5. The molecular formula is C22H30F2O. The van der Waals surface area contributed by atoms with E-state index in [0.29, 0.717) is 11.1 Å². The van der Waals surface area contributed by atoms with Gasteiger partial charge in [-0.05, 0) is 80.2 Å². The van der Waals surface area contributed by atoms with Crippen LogP contribution in [0.2, 0.25) is 0 Å². The highest BCUT2D eigenvalue weighted by atomic mass is 19.2. The summed E-state index contributed by atoms with van der Waals surface area (Å²) in [7, 11) is 0. The number of benzene rings is 1. The second-order valence-corrected chi connectivity index (χ2v) is 8.13. The van der Waals surface area contributed by atoms with Gasteiger partial charge in [0, 0.05) is 5.92 Å². The van der Waals surface area contributed by atoms with Crippen LogP contribution >= 0.6 is 0 Å². The fourth-order valence-corrected chi connectivity index (χ4v) is 4.95. The highest BCUT2D eigenvalue weighted by Crippen LogP contribution is 2.41. The second-order valence-electron chi connectivity index (χ2n) is 8.13. The van der Waals surface area contributed by atoms with Crippen LogP contribution in [-0.2, 0) is 4.79 Å². The summed E-state index contributed by atoms with van der Waals surface area (Å²) in [5, 5.41) is 0. The summed E-state index contributed by atoms with van der Waals surface area (Å²) >= 11 is 0. The van der Waals surface area contributed by atoms with Gasteiger partial charge in [-0.25, -0.2) is 8.78 Å². The molecule has 1 aromatic rings. The zero-order valence-corrected chi connectivity index (χ0v) is 15.3. The molecule has 0 radical (unpaired) electrons. The van der Waals surface area contributed by atoms with Crippen LogP contribution in [0.5, 0.6) is 0 Å². The number of carbonyl (C=O) groups excluding carboxylic acids is 1. The normalized spacial score (nSPS) is 30.2. The van der Waals surface area contributed by atoms with Crippen LogP contribution in [0.1, 0.15) is 94.1 Å². The molecule has 2 saturated carbocycles. The molecule has 0 unspecified atom stereocenters. The molecule has 0 amide bonds. The topological polar surface area (TPSA) is 17.1 Å². The van der Waals surface area contributed by atoms with E-state index in [2.05, 4.69) is 6.92 Å². The molecular weight excluding hydrogens is 318 g/mol. The molecule has 3 heteroatoms. The Hall–Kier alpha value is -1.25. The fourth-order valence-electron chi connectivity index (χ4n) is 4.95. The molecule has 0 bridgehead atoms. The van der Waals surface area contributed by atoms with E-state index in [9.17, 15) is 13.6 Å². The molecule has 0 aliphatic heterocycles. The maximum absolute atomic E-state index is 14.8. The van der Waals surface area contributed by atoms with Crippen molar-refractivity contribution >= 4 is 6.29 Å². The molecule has 25 heavy (non-hydrogen) atoms.